The molecule has 0 aromatic heterocycles. The maximum atomic E-state index is 14.2. The lowest BCUT2D eigenvalue weighted by Crippen LogP contribution is -2.44. The number of anilines is 1. The average molecular weight is 409 g/mol. The Balaban J connectivity index is 2.13. The molecule has 9 heteroatoms. The van der Waals surface area contributed by atoms with E-state index in [-0.39, 0.29) is 11.3 Å². The predicted molar refractivity (Wildman–Crippen MR) is 100 cm³/mol. The summed E-state index contributed by atoms with van der Waals surface area (Å²) >= 11 is 0. The summed E-state index contributed by atoms with van der Waals surface area (Å²) in [4.78, 5) is 24.0. The molecule has 0 aliphatic carbocycles. The third-order valence-electron chi connectivity index (χ3n) is 3.68. The maximum absolute atomic E-state index is 14.2. The van der Waals surface area contributed by atoms with Gasteiger partial charge in [0.2, 0.25) is 0 Å². The number of carbonyl (C=O) groups excluding carboxylic acids is 2. The topological polar surface area (TPSA) is 89.5 Å². The van der Waals surface area contributed by atoms with Gasteiger partial charge in [-0.2, -0.15) is 17.2 Å². The average Bonchev–Trinajstić information content (AvgIpc) is 2.68. The molecule has 0 bridgehead atoms. The first-order valence-corrected chi connectivity index (χ1v) is 9.43. The van der Waals surface area contributed by atoms with Gasteiger partial charge < -0.3 is 5.32 Å². The number of benzene rings is 2. The minimum absolute atomic E-state index is 0.0427. The molecule has 1 unspecified atom stereocenters. The van der Waals surface area contributed by atoms with Crippen LogP contribution >= 0.6 is 0 Å². The van der Waals surface area contributed by atoms with Gasteiger partial charge >= 0.3 is 21.3 Å². The van der Waals surface area contributed by atoms with E-state index >= 15 is 0 Å². The van der Waals surface area contributed by atoms with Gasteiger partial charge in [-0.05, 0) is 24.6 Å². The lowest BCUT2D eigenvalue weighted by atomic mass is 10.1. The van der Waals surface area contributed by atoms with Crippen LogP contribution in [0.2, 0.25) is 0 Å². The van der Waals surface area contributed by atoms with Crippen molar-refractivity contribution >= 4 is 33.6 Å². The van der Waals surface area contributed by atoms with Crippen LogP contribution in [0.15, 0.2) is 61.2 Å². The van der Waals surface area contributed by atoms with Crippen LogP contribution in [0, 0.1) is 0 Å². The number of alkyl halides is 2. The summed E-state index contributed by atoms with van der Waals surface area (Å²) in [6, 6.07) is 13.0. The summed E-state index contributed by atoms with van der Waals surface area (Å²) in [6.45, 7) is 4.53. The summed E-state index contributed by atoms with van der Waals surface area (Å²) < 4.78 is 56.6. The first-order valence-electron chi connectivity index (χ1n) is 8.02. The molecule has 28 heavy (non-hydrogen) atoms. The highest BCUT2D eigenvalue weighted by Gasteiger charge is 2.55. The molecule has 2 aromatic rings. The maximum Gasteiger partial charge on any atom is 0.447 e. The van der Waals surface area contributed by atoms with E-state index in [0.717, 1.165) is 6.92 Å². The Bertz CT molecular complexity index is 973. The highest BCUT2D eigenvalue weighted by atomic mass is 32.2. The zero-order valence-corrected chi connectivity index (χ0v) is 15.6. The molecule has 0 aliphatic rings. The van der Waals surface area contributed by atoms with E-state index in [4.69, 9.17) is 0 Å². The highest BCUT2D eigenvalue weighted by Crippen LogP contribution is 2.27. The van der Waals surface area contributed by atoms with Crippen molar-refractivity contribution in [2.75, 3.05) is 5.32 Å². The lowest BCUT2D eigenvalue weighted by molar-refractivity contribution is -0.130. The van der Waals surface area contributed by atoms with E-state index in [2.05, 4.69) is 10.8 Å². The fourth-order valence-electron chi connectivity index (χ4n) is 2.15. The summed E-state index contributed by atoms with van der Waals surface area (Å²) in [5.41, 5.74) is 0.716. The molecule has 1 amide bonds. The van der Waals surface area contributed by atoms with E-state index < -0.39 is 33.2 Å². The standard InChI is InChI=1S/C19H17F2NO5S/c1-3-14-9-11-16(12-10-14)22-18(24)19(20,21)28(25,26)27-13(2)17(23)15-7-5-4-6-8-15/h3-13H,1H2,2H3,(H,22,24). The van der Waals surface area contributed by atoms with Crippen LogP contribution in [0.3, 0.4) is 0 Å². The van der Waals surface area contributed by atoms with Gasteiger partial charge in [0.25, 0.3) is 0 Å². The molecule has 0 aliphatic heterocycles. The molecule has 2 aromatic carbocycles. The molecule has 6 nitrogen and oxygen atoms in total. The van der Waals surface area contributed by atoms with Gasteiger partial charge in [0.05, 0.1) is 0 Å². The van der Waals surface area contributed by atoms with Crippen LogP contribution < -0.4 is 5.32 Å². The summed E-state index contributed by atoms with van der Waals surface area (Å²) in [5, 5.41) is -3.10. The van der Waals surface area contributed by atoms with E-state index in [0.29, 0.717) is 5.56 Å². The first-order chi connectivity index (χ1) is 13.1. The van der Waals surface area contributed by atoms with E-state index in [1.165, 1.54) is 54.6 Å². The molecular formula is C19H17F2NO5S. The van der Waals surface area contributed by atoms with Gasteiger partial charge in [-0.1, -0.05) is 55.1 Å². The van der Waals surface area contributed by atoms with Crippen molar-refractivity contribution in [3.05, 3.63) is 72.3 Å². The molecule has 0 saturated carbocycles. The minimum Gasteiger partial charge on any atom is -0.320 e. The Morgan fingerprint density at radius 2 is 1.68 bits per heavy atom. The van der Waals surface area contributed by atoms with Crippen LogP contribution in [0.25, 0.3) is 6.08 Å². The molecule has 148 valence electrons. The largest absolute Gasteiger partial charge is 0.447 e. The van der Waals surface area contributed by atoms with Crippen molar-refractivity contribution in [1.29, 1.82) is 0 Å². The van der Waals surface area contributed by atoms with E-state index in [1.807, 2.05) is 0 Å². The van der Waals surface area contributed by atoms with E-state index in [9.17, 15) is 26.8 Å². The van der Waals surface area contributed by atoms with Gasteiger partial charge in [0.1, 0.15) is 6.10 Å². The highest BCUT2D eigenvalue weighted by molar-refractivity contribution is 7.88. The Morgan fingerprint density at radius 1 is 1.11 bits per heavy atom. The second-order valence-corrected chi connectivity index (χ2v) is 7.33. The van der Waals surface area contributed by atoms with Crippen molar-refractivity contribution in [3.63, 3.8) is 0 Å². The van der Waals surface area contributed by atoms with Gasteiger partial charge in [-0.3, -0.25) is 13.8 Å². The number of rotatable bonds is 8. The Kier molecular flexibility index (Phi) is 6.42. The predicted octanol–water partition coefficient (Wildman–Crippen LogP) is 3.48. The smallest absolute Gasteiger partial charge is 0.320 e. The molecule has 1 N–H and O–H groups in total. The van der Waals surface area contributed by atoms with Crippen LogP contribution in [0.1, 0.15) is 22.8 Å². The number of ketones is 1. The van der Waals surface area contributed by atoms with E-state index in [1.54, 1.807) is 11.4 Å². The monoisotopic (exact) mass is 409 g/mol. The van der Waals surface area contributed by atoms with Crippen molar-refractivity contribution < 1.29 is 31.0 Å². The molecule has 2 rings (SSSR count). The molecule has 0 spiro atoms. The number of halogens is 2. The third kappa shape index (κ3) is 4.68. The Labute approximate surface area is 161 Å². The number of hydrogen-bond donors (Lipinski definition) is 1. The normalized spacial score (nSPS) is 12.8. The molecule has 0 fully saturated rings. The Morgan fingerprint density at radius 3 is 2.21 bits per heavy atom. The van der Waals surface area contributed by atoms with Crippen molar-refractivity contribution in [2.24, 2.45) is 0 Å². The first kappa shape index (κ1) is 21.4. The van der Waals surface area contributed by atoms with Crippen LogP contribution in [-0.4, -0.2) is 31.5 Å². The molecular weight excluding hydrogens is 392 g/mol. The number of hydrogen-bond acceptors (Lipinski definition) is 5. The van der Waals surface area contributed by atoms with Gasteiger partial charge in [-0.15, -0.1) is 0 Å². The summed E-state index contributed by atoms with van der Waals surface area (Å²) in [6.07, 6.45) is -0.234. The molecule has 0 saturated heterocycles. The zero-order chi connectivity index (χ0) is 20.9. The number of Topliss-reactive ketones (excluding diaryl/α,β-unsaturated/α-hetero) is 1. The van der Waals surface area contributed by atoms with Gasteiger partial charge in [0, 0.05) is 11.3 Å². The fraction of sp³-hybridized carbons (Fsp3) is 0.158. The molecule has 1 atom stereocenters. The fourth-order valence-corrected chi connectivity index (χ4v) is 3.02. The Hall–Kier alpha value is -2.91. The van der Waals surface area contributed by atoms with Crippen molar-refractivity contribution in [3.8, 4) is 0 Å². The quantitative estimate of drug-likeness (QED) is 0.533. The molecule has 0 radical (unpaired) electrons. The number of amides is 1. The number of carbonyl (C=O) groups is 2. The second kappa shape index (κ2) is 8.41. The van der Waals surface area contributed by atoms with Crippen LogP contribution in [0.5, 0.6) is 0 Å². The van der Waals surface area contributed by atoms with Gasteiger partial charge in [0.15, 0.2) is 5.78 Å². The SMILES string of the molecule is C=Cc1ccc(NC(=O)C(F)(F)S(=O)(=O)OC(C)C(=O)c2ccccc2)cc1. The second-order valence-electron chi connectivity index (χ2n) is 5.72. The van der Waals surface area contributed by atoms with Crippen molar-refractivity contribution in [2.45, 2.75) is 18.3 Å². The summed E-state index contributed by atoms with van der Waals surface area (Å²) in [5.74, 6) is -2.92. The minimum atomic E-state index is -5.73. The lowest BCUT2D eigenvalue weighted by Gasteiger charge is -2.19. The van der Waals surface area contributed by atoms with Crippen molar-refractivity contribution in [1.82, 2.24) is 0 Å². The van der Waals surface area contributed by atoms with Crippen LogP contribution in [-0.2, 0) is 19.1 Å². The number of nitrogens with one attached hydrogen (secondary N) is 1. The third-order valence-corrected chi connectivity index (χ3v) is 5.04. The molecule has 0 heterocycles. The zero-order valence-electron chi connectivity index (χ0n) is 14.8. The van der Waals surface area contributed by atoms with Crippen LogP contribution in [0.4, 0.5) is 14.5 Å². The van der Waals surface area contributed by atoms with Gasteiger partial charge in [-0.25, -0.2) is 0 Å². The summed E-state index contributed by atoms with van der Waals surface area (Å²) in [7, 11) is -5.73.